The number of hydrogen-bond donors (Lipinski definition) is 2. The summed E-state index contributed by atoms with van der Waals surface area (Å²) in [6, 6.07) is 10.7. The third-order valence-electron chi connectivity index (χ3n) is 7.09. The molecule has 1 aromatic carbocycles. The summed E-state index contributed by atoms with van der Waals surface area (Å²) < 4.78 is 5.25. The number of rotatable bonds is 9. The van der Waals surface area contributed by atoms with E-state index in [1.807, 2.05) is 31.2 Å². The van der Waals surface area contributed by atoms with Crippen molar-refractivity contribution >= 4 is 46.2 Å². The molecule has 0 spiro atoms. The van der Waals surface area contributed by atoms with E-state index >= 15 is 0 Å². The molecular formula is C28H33N5O4S. The number of amidine groups is 2. The van der Waals surface area contributed by atoms with Gasteiger partial charge in [0.05, 0.1) is 23.7 Å². The molecule has 0 bridgehead atoms. The van der Waals surface area contributed by atoms with Gasteiger partial charge in [-0.25, -0.2) is 9.89 Å². The number of para-hydroxylation sites is 1. The number of nitrogens with zero attached hydrogens (tertiary/aromatic N) is 3. The van der Waals surface area contributed by atoms with E-state index in [0.29, 0.717) is 29.7 Å². The second-order valence-electron chi connectivity index (χ2n) is 9.81. The first kappa shape index (κ1) is 26.2. The Bertz CT molecular complexity index is 1240. The number of nitrogens with one attached hydrogen (secondary N) is 2. The van der Waals surface area contributed by atoms with Crippen LogP contribution in [0, 0.1) is 0 Å². The summed E-state index contributed by atoms with van der Waals surface area (Å²) in [6.45, 7) is 2.27. The van der Waals surface area contributed by atoms with Crippen LogP contribution in [0.15, 0.2) is 57.1 Å². The highest BCUT2D eigenvalue weighted by Gasteiger charge is 2.42. The molecule has 3 aliphatic rings. The Morgan fingerprint density at radius 3 is 2.74 bits per heavy atom. The topological polar surface area (TPSA) is 116 Å². The Labute approximate surface area is 226 Å². The summed E-state index contributed by atoms with van der Waals surface area (Å²) in [5.41, 5.74) is 1.49. The van der Waals surface area contributed by atoms with Gasteiger partial charge in [0, 0.05) is 18.0 Å². The van der Waals surface area contributed by atoms with Crippen LogP contribution in [0.25, 0.3) is 0 Å². The first-order chi connectivity index (χ1) is 18.5. The predicted octanol–water partition coefficient (Wildman–Crippen LogP) is 4.30. The van der Waals surface area contributed by atoms with Crippen molar-refractivity contribution in [1.29, 1.82) is 0 Å². The monoisotopic (exact) mass is 535 g/mol. The maximum absolute atomic E-state index is 13.5. The number of hydrogen-bond acceptors (Lipinski definition) is 7. The fourth-order valence-corrected chi connectivity index (χ4v) is 6.04. The molecular weight excluding hydrogens is 502 g/mol. The van der Waals surface area contributed by atoms with E-state index in [1.54, 1.807) is 18.4 Å². The van der Waals surface area contributed by atoms with Gasteiger partial charge in [-0.05, 0) is 49.9 Å². The highest BCUT2D eigenvalue weighted by molar-refractivity contribution is 8.15. The van der Waals surface area contributed by atoms with Crippen LogP contribution in [0.5, 0.6) is 0 Å². The molecule has 5 rings (SSSR count). The number of aliphatic imine (C=N–C) groups is 2. The van der Waals surface area contributed by atoms with Crippen LogP contribution < -0.4 is 10.6 Å². The number of benzene rings is 1. The molecule has 2 aromatic rings. The third kappa shape index (κ3) is 5.85. The predicted molar refractivity (Wildman–Crippen MR) is 147 cm³/mol. The second kappa shape index (κ2) is 12.0. The van der Waals surface area contributed by atoms with Crippen molar-refractivity contribution in [3.8, 4) is 0 Å². The van der Waals surface area contributed by atoms with Gasteiger partial charge in [-0.15, -0.1) is 0 Å². The molecule has 1 saturated carbocycles. The van der Waals surface area contributed by atoms with E-state index in [9.17, 15) is 14.4 Å². The summed E-state index contributed by atoms with van der Waals surface area (Å²) in [4.78, 5) is 50.1. The van der Waals surface area contributed by atoms with Crippen LogP contribution in [-0.4, -0.2) is 51.0 Å². The van der Waals surface area contributed by atoms with Crippen LogP contribution in [0.3, 0.4) is 0 Å². The van der Waals surface area contributed by atoms with Crippen molar-refractivity contribution in [2.75, 3.05) is 0 Å². The van der Waals surface area contributed by atoms with Gasteiger partial charge >= 0.3 is 0 Å². The quantitative estimate of drug-likeness (QED) is 0.497. The highest BCUT2D eigenvalue weighted by atomic mass is 32.2. The van der Waals surface area contributed by atoms with Crippen LogP contribution in [-0.2, 0) is 20.9 Å². The minimum absolute atomic E-state index is 0.0131. The number of carbonyl (C=O) groups is 3. The van der Waals surface area contributed by atoms with Gasteiger partial charge in [0.25, 0.3) is 5.91 Å². The molecule has 0 unspecified atom stereocenters. The van der Waals surface area contributed by atoms with Gasteiger partial charge in [-0.2, -0.15) is 0 Å². The SMILES string of the molecule is CC[C@H](SC1=Nc2ccccc2C2=N[C@H](CCC(=O)NCc3ccco3)C(=O)N12)C(=O)NC1CCCCC1. The van der Waals surface area contributed by atoms with Gasteiger partial charge in [0.15, 0.2) is 5.17 Å². The van der Waals surface area contributed by atoms with Crippen molar-refractivity contribution in [3.63, 3.8) is 0 Å². The van der Waals surface area contributed by atoms with Crippen molar-refractivity contribution in [1.82, 2.24) is 15.5 Å². The maximum Gasteiger partial charge on any atom is 0.259 e. The van der Waals surface area contributed by atoms with Gasteiger partial charge in [-0.3, -0.25) is 19.4 Å². The van der Waals surface area contributed by atoms with Crippen molar-refractivity contribution in [2.24, 2.45) is 9.98 Å². The summed E-state index contributed by atoms with van der Waals surface area (Å²) in [7, 11) is 0. The molecule has 9 nitrogen and oxygen atoms in total. The van der Waals surface area contributed by atoms with Crippen LogP contribution in [0.1, 0.15) is 69.6 Å². The molecule has 200 valence electrons. The minimum Gasteiger partial charge on any atom is -0.467 e. The number of carbonyl (C=O) groups excluding carboxylic acids is 3. The third-order valence-corrected chi connectivity index (χ3v) is 8.41. The lowest BCUT2D eigenvalue weighted by Gasteiger charge is -2.29. The number of thioether (sulfide) groups is 1. The van der Waals surface area contributed by atoms with E-state index in [4.69, 9.17) is 14.4 Å². The molecule has 3 heterocycles. The molecule has 2 atom stereocenters. The van der Waals surface area contributed by atoms with E-state index in [0.717, 1.165) is 36.9 Å². The Morgan fingerprint density at radius 2 is 1.97 bits per heavy atom. The summed E-state index contributed by atoms with van der Waals surface area (Å²) in [5, 5.41) is 6.11. The average molecular weight is 536 g/mol. The Hall–Kier alpha value is -3.40. The molecule has 38 heavy (non-hydrogen) atoms. The van der Waals surface area contributed by atoms with Gasteiger partial charge < -0.3 is 15.1 Å². The highest BCUT2D eigenvalue weighted by Crippen LogP contribution is 2.36. The molecule has 1 aliphatic carbocycles. The van der Waals surface area contributed by atoms with E-state index in [-0.39, 0.29) is 41.9 Å². The standard InChI is InChI=1S/C28H33N5O4S/c1-2-23(26(35)30-18-9-4-3-5-10-18)38-28-32-21-13-7-6-12-20(21)25-31-22(27(36)33(25)28)14-15-24(34)29-17-19-11-8-16-37-19/h6-8,11-13,16,18,22-23H,2-5,9-10,14-15,17H2,1H3,(H,29,34)(H,30,35)/t22-,23+/m1/s1. The molecule has 3 amide bonds. The zero-order valence-corrected chi connectivity index (χ0v) is 22.3. The molecule has 0 radical (unpaired) electrons. The van der Waals surface area contributed by atoms with Crippen molar-refractivity contribution in [3.05, 3.63) is 54.0 Å². The first-order valence-electron chi connectivity index (χ1n) is 13.4. The average Bonchev–Trinajstić information content (AvgIpc) is 3.58. The lowest BCUT2D eigenvalue weighted by atomic mass is 9.95. The normalized spacial score (nSPS) is 19.8. The van der Waals surface area contributed by atoms with Crippen LogP contribution in [0.2, 0.25) is 0 Å². The number of amides is 3. The van der Waals surface area contributed by atoms with E-state index in [1.165, 1.54) is 23.1 Å². The first-order valence-corrected chi connectivity index (χ1v) is 14.3. The molecule has 0 saturated heterocycles. The van der Waals surface area contributed by atoms with Crippen LogP contribution in [0.4, 0.5) is 5.69 Å². The fourth-order valence-electron chi connectivity index (χ4n) is 5.01. The van der Waals surface area contributed by atoms with Gasteiger partial charge in [-0.1, -0.05) is 50.1 Å². The Morgan fingerprint density at radius 1 is 1.16 bits per heavy atom. The zero-order valence-electron chi connectivity index (χ0n) is 21.5. The Balaban J connectivity index is 1.28. The smallest absolute Gasteiger partial charge is 0.259 e. The molecule has 2 aliphatic heterocycles. The summed E-state index contributed by atoms with van der Waals surface area (Å²) in [6.07, 6.45) is 8.14. The molecule has 1 aromatic heterocycles. The Kier molecular flexibility index (Phi) is 8.26. The van der Waals surface area contributed by atoms with Crippen LogP contribution >= 0.6 is 11.8 Å². The minimum atomic E-state index is -0.688. The van der Waals surface area contributed by atoms with Gasteiger partial charge in [0.1, 0.15) is 17.6 Å². The summed E-state index contributed by atoms with van der Waals surface area (Å²) >= 11 is 1.31. The second-order valence-corrected chi connectivity index (χ2v) is 11.0. The number of furan rings is 1. The zero-order chi connectivity index (χ0) is 26.5. The van der Waals surface area contributed by atoms with E-state index in [2.05, 4.69) is 10.6 Å². The lowest BCUT2D eigenvalue weighted by Crippen LogP contribution is -2.45. The number of fused-ring (bicyclic) bond motifs is 3. The van der Waals surface area contributed by atoms with E-state index < -0.39 is 6.04 Å². The van der Waals surface area contributed by atoms with Gasteiger partial charge in [0.2, 0.25) is 11.8 Å². The molecule has 1 fully saturated rings. The summed E-state index contributed by atoms with van der Waals surface area (Å²) in [5.74, 6) is 0.795. The fraction of sp³-hybridized carbons (Fsp3) is 0.464. The van der Waals surface area contributed by atoms with Crippen molar-refractivity contribution in [2.45, 2.75) is 82.2 Å². The molecule has 10 heteroatoms. The largest absolute Gasteiger partial charge is 0.467 e. The maximum atomic E-state index is 13.5. The lowest BCUT2D eigenvalue weighted by molar-refractivity contribution is -0.125. The van der Waals surface area contributed by atoms with Crippen molar-refractivity contribution < 1.29 is 18.8 Å². The molecule has 2 N–H and O–H groups in total.